The third kappa shape index (κ3) is 2.97. The van der Waals surface area contributed by atoms with Crippen molar-refractivity contribution in [2.24, 2.45) is 0 Å². The van der Waals surface area contributed by atoms with Crippen LogP contribution < -0.4 is 4.74 Å². The van der Waals surface area contributed by atoms with E-state index in [-0.39, 0.29) is 16.9 Å². The van der Waals surface area contributed by atoms with E-state index in [2.05, 4.69) is 9.97 Å². The fourth-order valence-electron chi connectivity index (χ4n) is 1.56. The van der Waals surface area contributed by atoms with E-state index in [0.29, 0.717) is 5.75 Å². The van der Waals surface area contributed by atoms with Crippen molar-refractivity contribution in [1.29, 1.82) is 0 Å². The molecular weight excluding hydrogens is 270 g/mol. The van der Waals surface area contributed by atoms with Crippen molar-refractivity contribution in [3.8, 4) is 11.6 Å². The second kappa shape index (κ2) is 5.19. The molecule has 0 saturated carbocycles. The summed E-state index contributed by atoms with van der Waals surface area (Å²) in [6, 6.07) is 5.48. The molecule has 0 radical (unpaired) electrons. The van der Waals surface area contributed by atoms with E-state index in [1.807, 2.05) is 26.0 Å². The molecule has 0 aliphatic rings. The number of ether oxygens (including phenoxy) is 1. The van der Waals surface area contributed by atoms with Crippen molar-refractivity contribution in [3.63, 3.8) is 0 Å². The normalized spacial score (nSPS) is 10.3. The van der Waals surface area contributed by atoms with E-state index in [4.69, 9.17) is 16.3 Å². The molecule has 0 fully saturated rings. The molecule has 2 aromatic rings. The van der Waals surface area contributed by atoms with Gasteiger partial charge in [0.05, 0.1) is 4.92 Å². The molecule has 7 heteroatoms. The number of hydrogen-bond donors (Lipinski definition) is 0. The smallest absolute Gasteiger partial charge is 0.349 e. The Morgan fingerprint density at radius 3 is 2.74 bits per heavy atom. The van der Waals surface area contributed by atoms with Crippen molar-refractivity contribution in [2.45, 2.75) is 13.8 Å². The maximum absolute atomic E-state index is 10.9. The third-order valence-corrected chi connectivity index (χ3v) is 2.62. The Balaban J connectivity index is 2.42. The lowest BCUT2D eigenvalue weighted by Gasteiger charge is -2.08. The molecule has 0 N–H and O–H groups in total. The van der Waals surface area contributed by atoms with Gasteiger partial charge < -0.3 is 4.74 Å². The predicted molar refractivity (Wildman–Crippen MR) is 69.7 cm³/mol. The van der Waals surface area contributed by atoms with Gasteiger partial charge in [-0.25, -0.2) is 4.98 Å². The van der Waals surface area contributed by atoms with Crippen molar-refractivity contribution < 1.29 is 9.66 Å². The zero-order valence-corrected chi connectivity index (χ0v) is 11.0. The maximum atomic E-state index is 10.9. The Labute approximate surface area is 114 Å². The Kier molecular flexibility index (Phi) is 3.62. The molecule has 0 aliphatic heterocycles. The minimum atomic E-state index is -0.616. The van der Waals surface area contributed by atoms with E-state index < -0.39 is 4.92 Å². The molecule has 0 aliphatic carbocycles. The molecule has 1 aromatic heterocycles. The number of benzene rings is 1. The van der Waals surface area contributed by atoms with Gasteiger partial charge in [-0.1, -0.05) is 17.7 Å². The van der Waals surface area contributed by atoms with Gasteiger partial charge in [0.25, 0.3) is 0 Å². The van der Waals surface area contributed by atoms with Crippen LogP contribution in [0.4, 0.5) is 5.69 Å². The molecule has 0 spiro atoms. The zero-order chi connectivity index (χ0) is 14.0. The Bertz CT molecular complexity index is 646. The van der Waals surface area contributed by atoms with E-state index >= 15 is 0 Å². The maximum Gasteiger partial charge on any atom is 0.349 e. The molecule has 6 nitrogen and oxygen atoms in total. The Morgan fingerprint density at radius 2 is 2.11 bits per heavy atom. The summed E-state index contributed by atoms with van der Waals surface area (Å²) in [4.78, 5) is 17.6. The molecule has 0 unspecified atom stereocenters. The number of halogens is 1. The van der Waals surface area contributed by atoms with Gasteiger partial charge in [0, 0.05) is 0 Å². The monoisotopic (exact) mass is 279 g/mol. The first-order valence-corrected chi connectivity index (χ1v) is 5.77. The van der Waals surface area contributed by atoms with Crippen LogP contribution in [0.1, 0.15) is 11.1 Å². The summed E-state index contributed by atoms with van der Waals surface area (Å²) in [5.74, 6) is 0.320. The van der Waals surface area contributed by atoms with Crippen LogP contribution in [0.2, 0.25) is 5.28 Å². The number of nitro groups is 1. The molecule has 1 aromatic carbocycles. The van der Waals surface area contributed by atoms with Crippen LogP contribution in [0.25, 0.3) is 0 Å². The van der Waals surface area contributed by atoms with Crippen LogP contribution in [0.5, 0.6) is 11.6 Å². The lowest BCUT2D eigenvalue weighted by Crippen LogP contribution is -1.98. The van der Waals surface area contributed by atoms with Crippen LogP contribution in [0.15, 0.2) is 24.4 Å². The summed E-state index contributed by atoms with van der Waals surface area (Å²) in [5.41, 5.74) is 1.59. The number of nitrogens with zero attached hydrogens (tertiary/aromatic N) is 3. The molecular formula is C12H10ClN3O3. The lowest BCUT2D eigenvalue weighted by atomic mass is 10.1. The second-order valence-corrected chi connectivity index (χ2v) is 4.30. The van der Waals surface area contributed by atoms with E-state index in [1.165, 1.54) is 0 Å². The minimum absolute atomic E-state index is 0.106. The van der Waals surface area contributed by atoms with Gasteiger partial charge in [0.2, 0.25) is 5.28 Å². The van der Waals surface area contributed by atoms with Crippen LogP contribution in [-0.2, 0) is 0 Å². The van der Waals surface area contributed by atoms with Crippen molar-refractivity contribution in [2.75, 3.05) is 0 Å². The fourth-order valence-corrected chi connectivity index (χ4v) is 1.68. The highest BCUT2D eigenvalue weighted by Gasteiger charge is 2.19. The van der Waals surface area contributed by atoms with Gasteiger partial charge in [-0.2, -0.15) is 4.98 Å². The molecule has 0 bridgehead atoms. The highest BCUT2D eigenvalue weighted by Crippen LogP contribution is 2.31. The van der Waals surface area contributed by atoms with Crippen LogP contribution in [0, 0.1) is 24.0 Å². The second-order valence-electron chi connectivity index (χ2n) is 3.96. The standard InChI is InChI=1S/C12H10ClN3O3/c1-7-3-4-10(8(2)5-7)19-11-9(16(17)18)6-14-12(13)15-11/h3-6H,1-2H3. The number of aryl methyl sites for hydroxylation is 2. The predicted octanol–water partition coefficient (Wildman–Crippen LogP) is 3.45. The number of hydrogen-bond acceptors (Lipinski definition) is 5. The first kappa shape index (κ1) is 13.2. The summed E-state index contributed by atoms with van der Waals surface area (Å²) in [5, 5.41) is 10.8. The van der Waals surface area contributed by atoms with E-state index in [9.17, 15) is 10.1 Å². The summed E-state index contributed by atoms with van der Waals surface area (Å²) in [6.07, 6.45) is 1.02. The van der Waals surface area contributed by atoms with Gasteiger partial charge >= 0.3 is 11.6 Å². The van der Waals surface area contributed by atoms with Crippen LogP contribution in [0.3, 0.4) is 0 Å². The number of aromatic nitrogens is 2. The van der Waals surface area contributed by atoms with Crippen molar-refractivity contribution in [1.82, 2.24) is 9.97 Å². The van der Waals surface area contributed by atoms with Crippen LogP contribution >= 0.6 is 11.6 Å². The van der Waals surface area contributed by atoms with Crippen molar-refractivity contribution in [3.05, 3.63) is 50.9 Å². The first-order chi connectivity index (χ1) is 8.97. The van der Waals surface area contributed by atoms with Gasteiger partial charge in [0.15, 0.2) is 0 Å². The lowest BCUT2D eigenvalue weighted by molar-refractivity contribution is -0.386. The molecule has 0 amide bonds. The molecule has 1 heterocycles. The highest BCUT2D eigenvalue weighted by atomic mass is 35.5. The van der Waals surface area contributed by atoms with Gasteiger partial charge in [0.1, 0.15) is 11.9 Å². The van der Waals surface area contributed by atoms with Gasteiger partial charge in [-0.15, -0.1) is 0 Å². The average Bonchev–Trinajstić information content (AvgIpc) is 2.32. The quantitative estimate of drug-likeness (QED) is 0.488. The third-order valence-electron chi connectivity index (χ3n) is 2.44. The minimum Gasteiger partial charge on any atom is -0.433 e. The van der Waals surface area contributed by atoms with Crippen LogP contribution in [-0.4, -0.2) is 14.9 Å². The molecule has 0 atom stereocenters. The summed E-state index contributed by atoms with van der Waals surface area (Å²) < 4.78 is 5.46. The first-order valence-electron chi connectivity index (χ1n) is 5.39. The van der Waals surface area contributed by atoms with Gasteiger partial charge in [-0.3, -0.25) is 10.1 Å². The van der Waals surface area contributed by atoms with Crippen molar-refractivity contribution >= 4 is 17.3 Å². The molecule has 2 rings (SSSR count). The van der Waals surface area contributed by atoms with Gasteiger partial charge in [-0.05, 0) is 37.1 Å². The molecule has 0 saturated heterocycles. The highest BCUT2D eigenvalue weighted by molar-refractivity contribution is 6.28. The largest absolute Gasteiger partial charge is 0.433 e. The topological polar surface area (TPSA) is 78.2 Å². The van der Waals surface area contributed by atoms with E-state index in [1.54, 1.807) is 6.07 Å². The Morgan fingerprint density at radius 1 is 1.37 bits per heavy atom. The Hall–Kier alpha value is -2.21. The fraction of sp³-hybridized carbons (Fsp3) is 0.167. The number of rotatable bonds is 3. The summed E-state index contributed by atoms with van der Waals surface area (Å²) >= 11 is 5.63. The SMILES string of the molecule is Cc1ccc(Oc2nc(Cl)ncc2[N+](=O)[O-])c(C)c1. The summed E-state index contributed by atoms with van der Waals surface area (Å²) in [6.45, 7) is 3.79. The summed E-state index contributed by atoms with van der Waals surface area (Å²) in [7, 11) is 0. The molecule has 98 valence electrons. The average molecular weight is 280 g/mol. The molecule has 19 heavy (non-hydrogen) atoms. The van der Waals surface area contributed by atoms with E-state index in [0.717, 1.165) is 17.3 Å². The zero-order valence-electron chi connectivity index (χ0n) is 10.3.